The minimum Gasteiger partial charge on any atom is -0.377 e. The first-order chi connectivity index (χ1) is 6.70. The van der Waals surface area contributed by atoms with Gasteiger partial charge in [-0.3, -0.25) is 0 Å². The standard InChI is InChI=1S/C9H16N4O/c1-6-3-7(10)9-11-8(5-14-2)12-13(9)4-6/h6-7H,3-5,10H2,1-2H3. The Hall–Kier alpha value is -0.940. The highest BCUT2D eigenvalue weighted by molar-refractivity contribution is 5.01. The lowest BCUT2D eigenvalue weighted by Gasteiger charge is -2.23. The zero-order valence-corrected chi connectivity index (χ0v) is 8.60. The fourth-order valence-electron chi connectivity index (χ4n) is 1.91. The molecule has 5 heteroatoms. The van der Waals surface area contributed by atoms with E-state index in [-0.39, 0.29) is 6.04 Å². The van der Waals surface area contributed by atoms with Crippen LogP contribution in [-0.4, -0.2) is 21.9 Å². The van der Waals surface area contributed by atoms with Gasteiger partial charge in [-0.2, -0.15) is 5.10 Å². The van der Waals surface area contributed by atoms with Gasteiger partial charge < -0.3 is 10.5 Å². The molecular formula is C9H16N4O. The molecule has 14 heavy (non-hydrogen) atoms. The molecule has 0 radical (unpaired) electrons. The Morgan fingerprint density at radius 3 is 3.14 bits per heavy atom. The van der Waals surface area contributed by atoms with Gasteiger partial charge in [-0.25, -0.2) is 9.67 Å². The number of ether oxygens (including phenoxy) is 1. The second-order valence-electron chi connectivity index (χ2n) is 3.95. The Labute approximate surface area is 83.3 Å². The van der Waals surface area contributed by atoms with Crippen molar-refractivity contribution in [1.29, 1.82) is 0 Å². The van der Waals surface area contributed by atoms with Crippen molar-refractivity contribution >= 4 is 0 Å². The van der Waals surface area contributed by atoms with Crippen LogP contribution >= 0.6 is 0 Å². The molecule has 0 bridgehead atoms. The van der Waals surface area contributed by atoms with Gasteiger partial charge in [-0.1, -0.05) is 6.92 Å². The molecule has 1 aliphatic heterocycles. The van der Waals surface area contributed by atoms with Gasteiger partial charge in [0.25, 0.3) is 0 Å². The number of aromatic nitrogens is 3. The highest BCUT2D eigenvalue weighted by Gasteiger charge is 2.25. The topological polar surface area (TPSA) is 66.0 Å². The summed E-state index contributed by atoms with van der Waals surface area (Å²) in [4.78, 5) is 4.36. The Morgan fingerprint density at radius 2 is 2.43 bits per heavy atom. The lowest BCUT2D eigenvalue weighted by molar-refractivity contribution is 0.177. The molecule has 1 aliphatic rings. The molecule has 2 heterocycles. The van der Waals surface area contributed by atoms with Crippen LogP contribution in [0.2, 0.25) is 0 Å². The molecule has 5 nitrogen and oxygen atoms in total. The van der Waals surface area contributed by atoms with Gasteiger partial charge in [0, 0.05) is 13.7 Å². The lowest BCUT2D eigenvalue weighted by atomic mass is 9.98. The zero-order valence-electron chi connectivity index (χ0n) is 8.60. The SMILES string of the molecule is COCc1nc2n(n1)CC(C)CC2N. The molecule has 0 aliphatic carbocycles. The van der Waals surface area contributed by atoms with Crippen molar-refractivity contribution in [2.75, 3.05) is 7.11 Å². The van der Waals surface area contributed by atoms with E-state index < -0.39 is 0 Å². The molecule has 0 saturated carbocycles. The number of fused-ring (bicyclic) bond motifs is 1. The van der Waals surface area contributed by atoms with Gasteiger partial charge in [-0.05, 0) is 12.3 Å². The van der Waals surface area contributed by atoms with E-state index in [1.807, 2.05) is 4.68 Å². The summed E-state index contributed by atoms with van der Waals surface area (Å²) in [5.41, 5.74) is 5.98. The molecule has 0 fully saturated rings. The summed E-state index contributed by atoms with van der Waals surface area (Å²) in [6, 6.07) is 0.0249. The minimum absolute atomic E-state index is 0.0249. The van der Waals surface area contributed by atoms with E-state index >= 15 is 0 Å². The van der Waals surface area contributed by atoms with Crippen LogP contribution in [0, 0.1) is 5.92 Å². The highest BCUT2D eigenvalue weighted by Crippen LogP contribution is 2.24. The number of hydrogen-bond acceptors (Lipinski definition) is 4. The maximum Gasteiger partial charge on any atom is 0.176 e. The second-order valence-corrected chi connectivity index (χ2v) is 3.95. The summed E-state index contributed by atoms with van der Waals surface area (Å²) in [5.74, 6) is 2.21. The molecular weight excluding hydrogens is 180 g/mol. The Kier molecular flexibility index (Phi) is 2.52. The summed E-state index contributed by atoms with van der Waals surface area (Å²) >= 11 is 0. The number of nitrogens with zero attached hydrogens (tertiary/aromatic N) is 3. The molecule has 2 N–H and O–H groups in total. The maximum atomic E-state index is 5.98. The molecule has 0 saturated heterocycles. The second kappa shape index (κ2) is 3.67. The fraction of sp³-hybridized carbons (Fsp3) is 0.778. The fourth-order valence-corrected chi connectivity index (χ4v) is 1.91. The molecule has 0 amide bonds. The molecule has 1 aromatic heterocycles. The molecule has 1 aromatic rings. The van der Waals surface area contributed by atoms with Crippen molar-refractivity contribution in [2.45, 2.75) is 32.5 Å². The van der Waals surface area contributed by atoms with Crippen molar-refractivity contribution < 1.29 is 4.74 Å². The van der Waals surface area contributed by atoms with Crippen LogP contribution in [0.4, 0.5) is 0 Å². The zero-order chi connectivity index (χ0) is 10.1. The summed E-state index contributed by atoms with van der Waals surface area (Å²) in [6.07, 6.45) is 0.991. The molecule has 2 atom stereocenters. The summed E-state index contributed by atoms with van der Waals surface area (Å²) in [6.45, 7) is 3.56. The minimum atomic E-state index is 0.0249. The van der Waals surface area contributed by atoms with Crippen LogP contribution < -0.4 is 5.73 Å². The predicted octanol–water partition coefficient (Wildman–Crippen LogP) is 0.464. The number of hydrogen-bond donors (Lipinski definition) is 1. The van der Waals surface area contributed by atoms with Crippen molar-refractivity contribution in [1.82, 2.24) is 14.8 Å². The van der Waals surface area contributed by atoms with E-state index in [1.54, 1.807) is 7.11 Å². The Balaban J connectivity index is 2.26. The van der Waals surface area contributed by atoms with Crippen LogP contribution in [0.5, 0.6) is 0 Å². The van der Waals surface area contributed by atoms with Crippen molar-refractivity contribution in [3.8, 4) is 0 Å². The van der Waals surface area contributed by atoms with Crippen LogP contribution in [-0.2, 0) is 17.9 Å². The van der Waals surface area contributed by atoms with E-state index in [2.05, 4.69) is 17.0 Å². The van der Waals surface area contributed by atoms with Crippen LogP contribution in [0.15, 0.2) is 0 Å². The quantitative estimate of drug-likeness (QED) is 0.746. The lowest BCUT2D eigenvalue weighted by Crippen LogP contribution is -2.27. The normalized spacial score (nSPS) is 26.2. The van der Waals surface area contributed by atoms with Crippen LogP contribution in [0.1, 0.15) is 31.0 Å². The van der Waals surface area contributed by atoms with Gasteiger partial charge in [0.15, 0.2) is 5.82 Å². The van der Waals surface area contributed by atoms with E-state index in [1.165, 1.54) is 0 Å². The Bertz CT molecular complexity index is 323. The summed E-state index contributed by atoms with van der Waals surface area (Å²) < 4.78 is 6.90. The smallest absolute Gasteiger partial charge is 0.176 e. The van der Waals surface area contributed by atoms with Crippen molar-refractivity contribution in [3.05, 3.63) is 11.6 Å². The number of rotatable bonds is 2. The first-order valence-corrected chi connectivity index (χ1v) is 4.89. The van der Waals surface area contributed by atoms with Crippen LogP contribution in [0.3, 0.4) is 0 Å². The van der Waals surface area contributed by atoms with Crippen LogP contribution in [0.25, 0.3) is 0 Å². The van der Waals surface area contributed by atoms with Gasteiger partial charge >= 0.3 is 0 Å². The largest absolute Gasteiger partial charge is 0.377 e. The average molecular weight is 196 g/mol. The molecule has 0 aromatic carbocycles. The van der Waals surface area contributed by atoms with Gasteiger partial charge in [0.1, 0.15) is 12.4 Å². The third kappa shape index (κ3) is 1.65. The maximum absolute atomic E-state index is 5.98. The van der Waals surface area contributed by atoms with Gasteiger partial charge in [-0.15, -0.1) is 0 Å². The third-order valence-electron chi connectivity index (χ3n) is 2.49. The van der Waals surface area contributed by atoms with Crippen molar-refractivity contribution in [2.24, 2.45) is 11.7 Å². The first kappa shape index (κ1) is 9.61. The van der Waals surface area contributed by atoms with E-state index in [0.717, 1.165) is 24.6 Å². The number of methoxy groups -OCH3 is 1. The molecule has 78 valence electrons. The highest BCUT2D eigenvalue weighted by atomic mass is 16.5. The molecule has 0 spiro atoms. The van der Waals surface area contributed by atoms with Gasteiger partial charge in [0.05, 0.1) is 6.04 Å². The summed E-state index contributed by atoms with van der Waals surface area (Å²) in [7, 11) is 1.64. The third-order valence-corrected chi connectivity index (χ3v) is 2.49. The molecule has 2 rings (SSSR count). The number of nitrogens with two attached hydrogens (primary N) is 1. The van der Waals surface area contributed by atoms with E-state index in [0.29, 0.717) is 12.5 Å². The van der Waals surface area contributed by atoms with Crippen molar-refractivity contribution in [3.63, 3.8) is 0 Å². The average Bonchev–Trinajstić information content (AvgIpc) is 2.48. The predicted molar refractivity (Wildman–Crippen MR) is 51.4 cm³/mol. The van der Waals surface area contributed by atoms with E-state index in [9.17, 15) is 0 Å². The molecule has 2 unspecified atom stereocenters. The monoisotopic (exact) mass is 196 g/mol. The van der Waals surface area contributed by atoms with E-state index in [4.69, 9.17) is 10.5 Å². The Morgan fingerprint density at radius 1 is 1.64 bits per heavy atom. The van der Waals surface area contributed by atoms with Gasteiger partial charge in [0.2, 0.25) is 0 Å². The summed E-state index contributed by atoms with van der Waals surface area (Å²) in [5, 5.41) is 4.34. The first-order valence-electron chi connectivity index (χ1n) is 4.89.